The van der Waals surface area contributed by atoms with Crippen molar-refractivity contribution in [2.75, 3.05) is 19.0 Å². The maximum Gasteiger partial charge on any atom is 0.259 e. The molecule has 0 aliphatic rings. The quantitative estimate of drug-likeness (QED) is 0.851. The summed E-state index contributed by atoms with van der Waals surface area (Å²) in [5.74, 6) is 0.173. The smallest absolute Gasteiger partial charge is 0.259 e. The summed E-state index contributed by atoms with van der Waals surface area (Å²) >= 11 is 0. The van der Waals surface area contributed by atoms with Gasteiger partial charge in [0.2, 0.25) is 0 Å². The van der Waals surface area contributed by atoms with Crippen LogP contribution in [0.4, 0.5) is 5.69 Å². The van der Waals surface area contributed by atoms with Gasteiger partial charge in [-0.05, 0) is 36.4 Å². The van der Waals surface area contributed by atoms with Gasteiger partial charge < -0.3 is 20.5 Å². The lowest BCUT2D eigenvalue weighted by atomic mass is 10.2. The van der Waals surface area contributed by atoms with Crippen LogP contribution in [0.2, 0.25) is 0 Å². The molecule has 6 nitrogen and oxygen atoms in total. The zero-order valence-corrected chi connectivity index (χ0v) is 12.0. The summed E-state index contributed by atoms with van der Waals surface area (Å²) in [5, 5.41) is 2.76. The molecule has 0 aliphatic heterocycles. The van der Waals surface area contributed by atoms with Crippen LogP contribution in [-0.2, 0) is 4.79 Å². The molecule has 0 heterocycles. The van der Waals surface area contributed by atoms with E-state index in [1.54, 1.807) is 48.5 Å². The zero-order valence-electron chi connectivity index (χ0n) is 12.0. The molecule has 3 N–H and O–H groups in total. The van der Waals surface area contributed by atoms with Crippen LogP contribution in [-0.4, -0.2) is 25.5 Å². The Hall–Kier alpha value is -3.02. The third kappa shape index (κ3) is 3.99. The van der Waals surface area contributed by atoms with Gasteiger partial charge in [-0.3, -0.25) is 9.59 Å². The first-order valence-electron chi connectivity index (χ1n) is 6.55. The van der Waals surface area contributed by atoms with Crippen molar-refractivity contribution < 1.29 is 19.1 Å². The number of nitrogens with one attached hydrogen (secondary N) is 1. The summed E-state index contributed by atoms with van der Waals surface area (Å²) in [5.41, 5.74) is 6.04. The number of carbonyl (C=O) groups excluding carboxylic acids is 2. The number of amides is 2. The van der Waals surface area contributed by atoms with Crippen LogP contribution < -0.4 is 20.5 Å². The third-order valence-electron chi connectivity index (χ3n) is 2.84. The lowest BCUT2D eigenvalue weighted by molar-refractivity contribution is -0.119. The van der Waals surface area contributed by atoms with Crippen LogP contribution in [0.15, 0.2) is 48.5 Å². The van der Waals surface area contributed by atoms with E-state index >= 15 is 0 Å². The Bertz CT molecular complexity index is 668. The van der Waals surface area contributed by atoms with Crippen LogP contribution in [0.1, 0.15) is 10.4 Å². The minimum atomic E-state index is -0.548. The topological polar surface area (TPSA) is 90.7 Å². The van der Waals surface area contributed by atoms with Crippen molar-refractivity contribution in [3.63, 3.8) is 0 Å². The summed E-state index contributed by atoms with van der Waals surface area (Å²) in [6, 6.07) is 13.6. The molecule has 2 aromatic carbocycles. The number of hydrogen-bond donors (Lipinski definition) is 2. The largest absolute Gasteiger partial charge is 0.496 e. The van der Waals surface area contributed by atoms with E-state index in [-0.39, 0.29) is 12.5 Å². The molecule has 2 amide bonds. The van der Waals surface area contributed by atoms with Crippen molar-refractivity contribution in [2.45, 2.75) is 0 Å². The summed E-state index contributed by atoms with van der Waals surface area (Å²) in [6.07, 6.45) is 0. The number of methoxy groups -OCH3 is 1. The number of nitrogens with two attached hydrogens (primary N) is 1. The standard InChI is InChI=1S/C16H16N2O4/c1-21-14-5-3-2-4-13(14)16(20)18-11-6-8-12(9-7-11)22-10-15(17)19/h2-9H,10H2,1H3,(H2,17,19)(H,18,20). The van der Waals surface area contributed by atoms with Gasteiger partial charge in [-0.15, -0.1) is 0 Å². The molecule has 0 fully saturated rings. The van der Waals surface area contributed by atoms with Gasteiger partial charge >= 0.3 is 0 Å². The molecule has 0 aromatic heterocycles. The van der Waals surface area contributed by atoms with E-state index < -0.39 is 5.91 Å². The molecule has 114 valence electrons. The van der Waals surface area contributed by atoms with Gasteiger partial charge in [-0.25, -0.2) is 0 Å². The Morgan fingerprint density at radius 1 is 1.09 bits per heavy atom. The highest BCUT2D eigenvalue weighted by Gasteiger charge is 2.11. The number of primary amides is 1. The van der Waals surface area contributed by atoms with Crippen LogP contribution >= 0.6 is 0 Å². The van der Waals surface area contributed by atoms with Crippen LogP contribution in [0.3, 0.4) is 0 Å². The molecule has 0 spiro atoms. The highest BCUT2D eigenvalue weighted by Crippen LogP contribution is 2.20. The molecule has 2 aromatic rings. The number of rotatable bonds is 6. The minimum Gasteiger partial charge on any atom is -0.496 e. The van der Waals surface area contributed by atoms with Crippen molar-refractivity contribution in [3.8, 4) is 11.5 Å². The average molecular weight is 300 g/mol. The molecule has 0 atom stereocenters. The fraction of sp³-hybridized carbons (Fsp3) is 0.125. The molecular formula is C16H16N2O4. The fourth-order valence-corrected chi connectivity index (χ4v) is 1.82. The number of benzene rings is 2. The Morgan fingerprint density at radius 3 is 2.41 bits per heavy atom. The predicted octanol–water partition coefficient (Wildman–Crippen LogP) is 1.81. The van der Waals surface area contributed by atoms with Gasteiger partial charge in [0.05, 0.1) is 12.7 Å². The fourth-order valence-electron chi connectivity index (χ4n) is 1.82. The minimum absolute atomic E-state index is 0.188. The molecule has 0 saturated heterocycles. The lowest BCUT2D eigenvalue weighted by Crippen LogP contribution is -2.20. The molecule has 0 bridgehead atoms. The van der Waals surface area contributed by atoms with Gasteiger partial charge in [0.25, 0.3) is 11.8 Å². The molecular weight excluding hydrogens is 284 g/mol. The summed E-state index contributed by atoms with van der Waals surface area (Å²) in [6.45, 7) is -0.188. The molecule has 6 heteroatoms. The van der Waals surface area contributed by atoms with E-state index in [0.717, 1.165) is 0 Å². The summed E-state index contributed by atoms with van der Waals surface area (Å²) in [4.78, 5) is 22.8. The van der Waals surface area contributed by atoms with Crippen molar-refractivity contribution in [3.05, 3.63) is 54.1 Å². The average Bonchev–Trinajstić information content (AvgIpc) is 2.54. The van der Waals surface area contributed by atoms with Crippen LogP contribution in [0.5, 0.6) is 11.5 Å². The molecule has 22 heavy (non-hydrogen) atoms. The third-order valence-corrected chi connectivity index (χ3v) is 2.84. The Morgan fingerprint density at radius 2 is 1.77 bits per heavy atom. The van der Waals surface area contributed by atoms with E-state index in [1.165, 1.54) is 7.11 Å². The van der Waals surface area contributed by atoms with E-state index in [9.17, 15) is 9.59 Å². The molecule has 0 aliphatic carbocycles. The van der Waals surface area contributed by atoms with Gasteiger partial charge in [-0.1, -0.05) is 12.1 Å². The first kappa shape index (κ1) is 15.4. The predicted molar refractivity (Wildman–Crippen MR) is 82.1 cm³/mol. The van der Waals surface area contributed by atoms with Gasteiger partial charge in [0.15, 0.2) is 6.61 Å². The van der Waals surface area contributed by atoms with E-state index in [1.807, 2.05) is 0 Å². The van der Waals surface area contributed by atoms with E-state index in [2.05, 4.69) is 5.32 Å². The van der Waals surface area contributed by atoms with Gasteiger partial charge in [0.1, 0.15) is 11.5 Å². The van der Waals surface area contributed by atoms with Gasteiger partial charge in [0, 0.05) is 5.69 Å². The number of carbonyl (C=O) groups is 2. The number of anilines is 1. The Balaban J connectivity index is 2.04. The van der Waals surface area contributed by atoms with E-state index in [0.29, 0.717) is 22.7 Å². The highest BCUT2D eigenvalue weighted by molar-refractivity contribution is 6.06. The highest BCUT2D eigenvalue weighted by atomic mass is 16.5. The molecule has 0 radical (unpaired) electrons. The van der Waals surface area contributed by atoms with Gasteiger partial charge in [-0.2, -0.15) is 0 Å². The molecule has 2 rings (SSSR count). The Kier molecular flexibility index (Phi) is 4.98. The first-order valence-corrected chi connectivity index (χ1v) is 6.55. The second-order valence-corrected chi connectivity index (χ2v) is 4.43. The number of ether oxygens (including phenoxy) is 2. The second-order valence-electron chi connectivity index (χ2n) is 4.43. The maximum absolute atomic E-state index is 12.2. The van der Waals surface area contributed by atoms with Crippen molar-refractivity contribution in [2.24, 2.45) is 5.73 Å². The zero-order chi connectivity index (χ0) is 15.9. The maximum atomic E-state index is 12.2. The molecule has 0 saturated carbocycles. The second kappa shape index (κ2) is 7.12. The lowest BCUT2D eigenvalue weighted by Gasteiger charge is -2.10. The normalized spacial score (nSPS) is 9.86. The SMILES string of the molecule is COc1ccccc1C(=O)Nc1ccc(OCC(N)=O)cc1. The first-order chi connectivity index (χ1) is 10.6. The number of hydrogen-bond acceptors (Lipinski definition) is 4. The Labute approximate surface area is 127 Å². The summed E-state index contributed by atoms with van der Waals surface area (Å²) < 4.78 is 10.3. The van der Waals surface area contributed by atoms with Crippen molar-refractivity contribution in [1.82, 2.24) is 0 Å². The monoisotopic (exact) mass is 300 g/mol. The molecule has 0 unspecified atom stereocenters. The van der Waals surface area contributed by atoms with Crippen molar-refractivity contribution in [1.29, 1.82) is 0 Å². The number of para-hydroxylation sites is 1. The van der Waals surface area contributed by atoms with Crippen LogP contribution in [0, 0.1) is 0 Å². The van der Waals surface area contributed by atoms with Crippen molar-refractivity contribution >= 4 is 17.5 Å². The summed E-state index contributed by atoms with van der Waals surface area (Å²) in [7, 11) is 1.51. The van der Waals surface area contributed by atoms with E-state index in [4.69, 9.17) is 15.2 Å². The van der Waals surface area contributed by atoms with Crippen LogP contribution in [0.25, 0.3) is 0 Å².